The Morgan fingerprint density at radius 2 is 0.857 bits per heavy atom. The van der Waals surface area contributed by atoms with Gasteiger partial charge < -0.3 is 128 Å². The van der Waals surface area contributed by atoms with Crippen molar-refractivity contribution in [1.82, 2.24) is 75.9 Å². The van der Waals surface area contributed by atoms with E-state index in [1.54, 1.807) is 12.1 Å². The second kappa shape index (κ2) is 49.4. The molecule has 4 aromatic heterocycles. The number of carboxylic acid groups (broad SMARTS) is 3. The summed E-state index contributed by atoms with van der Waals surface area (Å²) in [5.41, 5.74) is -3.10. The number of anilines is 1. The second-order valence-electron chi connectivity index (χ2n) is 30.2. The number of aromatic nitrogens is 4. The second-order valence-corrected chi connectivity index (χ2v) is 30.6. The Hall–Kier alpha value is -13.1. The molecule has 0 spiro atoms. The molecular formula is C84H108N16O25S. The van der Waals surface area contributed by atoms with Crippen molar-refractivity contribution in [3.8, 4) is 23.0 Å². The number of thiocarbonyl (C=S) groups is 1. The van der Waals surface area contributed by atoms with Crippen LogP contribution in [0.5, 0.6) is 23.0 Å². The van der Waals surface area contributed by atoms with Crippen molar-refractivity contribution in [3.05, 3.63) is 191 Å². The van der Waals surface area contributed by atoms with Crippen molar-refractivity contribution in [2.75, 3.05) is 110 Å². The SMILES string of the molecule is O=C(O)CC[C@H](NC(=O)N[C@@H](CCCCNC(=O)[C@H](Cc1ccc2ccccc2c1)NC(=O)C1CCC(CNC(=S)Nc2ccc(CC(CN(CCNC(=O)c3ccn(CCO)c(=O)c3O)CCNC(=O)c3ccn(CCO)c(=O)c3O)CN(CCNC(=O)c3ccn(CCO)c(=O)c3O)CCNC(=O)c3ccn(CCO)c(=O)c3O)cc2)CC1)C(=O)O)C(=O)O. The molecule has 680 valence electrons. The van der Waals surface area contributed by atoms with Crippen LogP contribution in [0.4, 0.5) is 10.5 Å². The van der Waals surface area contributed by atoms with E-state index in [4.69, 9.17) is 17.3 Å². The van der Waals surface area contributed by atoms with Gasteiger partial charge in [0.25, 0.3) is 45.9 Å². The molecule has 1 fully saturated rings. The lowest BCUT2D eigenvalue weighted by molar-refractivity contribution is -0.141. The number of aliphatic hydroxyl groups excluding tert-OH is 4. The van der Waals surface area contributed by atoms with Crippen LogP contribution >= 0.6 is 12.2 Å². The summed E-state index contributed by atoms with van der Waals surface area (Å²) in [6, 6.07) is 20.3. The third-order valence-corrected chi connectivity index (χ3v) is 21.5. The maximum atomic E-state index is 14.2. The number of hydrogen-bond donors (Lipinski definition) is 21. The standard InChI is InChI=1S/C84H108N16O25S/c101-41-37-97-29-20-59(67(107)77(97)117)72(112)86-25-33-95(34-26-87-73(113)60-21-30-98(38-42-102)78(118)68(60)108)49-54(50-96(35-27-88-74(114)61-22-31-99(39-43-103)79(119)69(61)109)36-28-89-75(115)62-23-32-100(40-44-104)80(120)70(62)110)45-51-11-16-58(17-12-51)91-84(126)90-48-52-8-14-56(15-9-52)71(111)92-65(47-53-10-13-55-5-1-2-6-57(55)46-53)76(116)85-24-4-3-7-63(81(121)122)93-83(125)94-64(82(123)124)18-19-66(105)106/h1-2,5-6,10-13,16-17,20-23,29-32,46,52,54,56,63-65,101-104,107-110H,3-4,7-9,14-15,18-19,24-28,33-45,47-50H2,(H,85,116)(H,86,112)(H,87,113)(H,88,114)(H,89,115)(H,92,111)(H,105,106)(H,121,122)(H,123,124)(H2,90,91,126)(H2,93,94,125)/t52?,56?,63-,64-,65-/m0/s1. The van der Waals surface area contributed by atoms with Crippen molar-refractivity contribution < 1.29 is 104 Å². The van der Waals surface area contributed by atoms with Gasteiger partial charge in [-0.15, -0.1) is 0 Å². The molecule has 0 unspecified atom stereocenters. The molecule has 41 nitrogen and oxygen atoms in total. The number of carbonyl (C=O) groups excluding carboxylic acids is 7. The van der Waals surface area contributed by atoms with E-state index < -0.39 is 168 Å². The Kier molecular flexibility index (Phi) is 38.5. The lowest BCUT2D eigenvalue weighted by atomic mass is 9.81. The number of nitrogens with one attached hydrogen (secondary N) is 10. The molecule has 8 amide bonds. The van der Waals surface area contributed by atoms with E-state index in [1.807, 2.05) is 64.4 Å². The van der Waals surface area contributed by atoms with Crippen LogP contribution in [0.15, 0.2) is 135 Å². The summed E-state index contributed by atoms with van der Waals surface area (Å²) < 4.78 is 4.06. The van der Waals surface area contributed by atoms with Crippen LogP contribution in [-0.4, -0.2) is 272 Å². The van der Waals surface area contributed by atoms with Crippen molar-refractivity contribution >= 4 is 93.2 Å². The molecule has 3 atom stereocenters. The number of hydrogen-bond acceptors (Lipinski definition) is 25. The van der Waals surface area contributed by atoms with Gasteiger partial charge in [0.05, 0.1) is 48.7 Å². The number of unbranched alkanes of at least 4 members (excludes halogenated alkanes) is 1. The number of rotatable bonds is 50. The fraction of sp³-hybridized carbons (Fsp3) is 0.440. The predicted octanol–water partition coefficient (Wildman–Crippen LogP) is -1.06. The number of benzene rings is 3. The zero-order valence-electron chi connectivity index (χ0n) is 69.1. The lowest BCUT2D eigenvalue weighted by Gasteiger charge is -2.32. The van der Waals surface area contributed by atoms with Crippen molar-refractivity contribution in [1.29, 1.82) is 0 Å². The molecule has 0 bridgehead atoms. The molecule has 1 aliphatic carbocycles. The molecule has 42 heteroatoms. The monoisotopic (exact) mass is 1770 g/mol. The molecule has 7 aromatic rings. The van der Waals surface area contributed by atoms with E-state index in [0.717, 1.165) is 40.2 Å². The highest BCUT2D eigenvalue weighted by Crippen LogP contribution is 2.30. The summed E-state index contributed by atoms with van der Waals surface area (Å²) in [4.78, 5) is 186. The Balaban J connectivity index is 0.963. The Labute approximate surface area is 726 Å². The fourth-order valence-corrected chi connectivity index (χ4v) is 14.7. The highest BCUT2D eigenvalue weighted by Gasteiger charge is 2.32. The van der Waals surface area contributed by atoms with Crippen LogP contribution in [0, 0.1) is 17.8 Å². The van der Waals surface area contributed by atoms with Gasteiger partial charge in [-0.05, 0) is 140 Å². The Morgan fingerprint density at radius 1 is 0.444 bits per heavy atom. The maximum Gasteiger partial charge on any atom is 0.326 e. The number of fused-ring (bicyclic) bond motifs is 1. The number of carboxylic acids is 3. The largest absolute Gasteiger partial charge is 0.502 e. The van der Waals surface area contributed by atoms with Gasteiger partial charge in [-0.1, -0.05) is 54.6 Å². The number of aliphatic hydroxyl groups is 4. The average Bonchev–Trinajstić information content (AvgIpc) is 0.827. The number of carbonyl (C=O) groups is 10. The van der Waals surface area contributed by atoms with Gasteiger partial charge in [0.1, 0.15) is 18.1 Å². The quantitative estimate of drug-likeness (QED) is 0.0160. The molecule has 3 aromatic carbocycles. The average molecular weight is 1770 g/mol. The zero-order chi connectivity index (χ0) is 91.5. The number of nitrogens with zero attached hydrogens (tertiary/aromatic N) is 6. The van der Waals surface area contributed by atoms with Gasteiger partial charge in [-0.3, -0.25) is 62.5 Å². The van der Waals surface area contributed by atoms with Gasteiger partial charge in [0.15, 0.2) is 28.1 Å². The van der Waals surface area contributed by atoms with Gasteiger partial charge in [0.2, 0.25) is 11.8 Å². The minimum Gasteiger partial charge on any atom is -0.502 e. The topological polar surface area (TPSA) is 608 Å². The summed E-state index contributed by atoms with van der Waals surface area (Å²) in [5.74, 6) is -12.7. The lowest BCUT2D eigenvalue weighted by Crippen LogP contribution is -2.51. The first-order valence-corrected chi connectivity index (χ1v) is 41.5. The highest BCUT2D eigenvalue weighted by molar-refractivity contribution is 7.80. The minimum atomic E-state index is -1.59. The summed E-state index contributed by atoms with van der Waals surface area (Å²) in [7, 11) is 0. The van der Waals surface area contributed by atoms with Crippen LogP contribution in [-0.2, 0) is 63.0 Å². The molecule has 0 aliphatic heterocycles. The highest BCUT2D eigenvalue weighted by atomic mass is 32.1. The summed E-state index contributed by atoms with van der Waals surface area (Å²) in [6.07, 6.45) is 6.87. The molecular weight excluding hydrogens is 1670 g/mol. The first-order valence-electron chi connectivity index (χ1n) is 41.0. The van der Waals surface area contributed by atoms with Gasteiger partial charge >= 0.3 is 23.9 Å². The van der Waals surface area contributed by atoms with E-state index in [9.17, 15) is 118 Å². The van der Waals surface area contributed by atoms with Crippen LogP contribution in [0.1, 0.15) is 110 Å². The number of amides is 8. The fourth-order valence-electron chi connectivity index (χ4n) is 14.5. The Bertz CT molecular complexity index is 4870. The number of aliphatic carboxylic acids is 3. The van der Waals surface area contributed by atoms with E-state index >= 15 is 0 Å². The number of urea groups is 1. The molecule has 1 saturated carbocycles. The first-order chi connectivity index (χ1) is 60.4. The molecule has 8 rings (SSSR count). The summed E-state index contributed by atoms with van der Waals surface area (Å²) in [5, 5.41) is 139. The van der Waals surface area contributed by atoms with E-state index in [-0.39, 0.29) is 169 Å². The van der Waals surface area contributed by atoms with Crippen LogP contribution in [0.25, 0.3) is 10.8 Å². The molecule has 126 heavy (non-hydrogen) atoms. The molecule has 1 aliphatic rings. The van der Waals surface area contributed by atoms with Crippen molar-refractivity contribution in [2.45, 2.75) is 115 Å². The zero-order valence-corrected chi connectivity index (χ0v) is 69.9. The third kappa shape index (κ3) is 29.5. The van der Waals surface area contributed by atoms with Gasteiger partial charge in [-0.2, -0.15) is 0 Å². The van der Waals surface area contributed by atoms with Crippen molar-refractivity contribution in [2.24, 2.45) is 17.8 Å². The number of aromatic hydroxyl groups is 4. The van der Waals surface area contributed by atoms with Gasteiger partial charge in [0, 0.05) is 154 Å². The summed E-state index contributed by atoms with van der Waals surface area (Å²) >= 11 is 5.80. The molecule has 0 radical (unpaired) electrons. The third-order valence-electron chi connectivity index (χ3n) is 21.3. The molecule has 4 heterocycles. The predicted molar refractivity (Wildman–Crippen MR) is 461 cm³/mol. The smallest absolute Gasteiger partial charge is 0.326 e. The van der Waals surface area contributed by atoms with E-state index in [0.29, 0.717) is 37.9 Å². The summed E-state index contributed by atoms with van der Waals surface area (Å²) in [6.45, 7) is -2.22. The molecule has 21 N–H and O–H groups in total. The van der Waals surface area contributed by atoms with Gasteiger partial charge in [-0.25, -0.2) is 14.4 Å². The first kappa shape index (κ1) is 98.3. The van der Waals surface area contributed by atoms with Crippen LogP contribution < -0.4 is 75.4 Å². The molecule has 0 saturated heterocycles. The number of pyridine rings is 4. The van der Waals surface area contributed by atoms with Crippen molar-refractivity contribution in [3.63, 3.8) is 0 Å². The minimum absolute atomic E-state index is 0.0116. The normalized spacial score (nSPS) is 13.8. The maximum absolute atomic E-state index is 14.2. The van der Waals surface area contributed by atoms with E-state index in [2.05, 4.69) is 53.2 Å². The Morgan fingerprint density at radius 3 is 1.27 bits per heavy atom. The van der Waals surface area contributed by atoms with E-state index in [1.165, 1.54) is 49.1 Å². The van der Waals surface area contributed by atoms with Crippen LogP contribution in [0.2, 0.25) is 0 Å². The van der Waals surface area contributed by atoms with Crippen LogP contribution in [0.3, 0.4) is 0 Å².